The van der Waals surface area contributed by atoms with Gasteiger partial charge in [-0.05, 0) is 43.5 Å². The van der Waals surface area contributed by atoms with Crippen LogP contribution in [0, 0.1) is 0 Å². The average molecular weight is 472 g/mol. The quantitative estimate of drug-likeness (QED) is 0.625. The summed E-state index contributed by atoms with van der Waals surface area (Å²) in [5, 5.41) is 4.25. The molecular weight excluding hydrogens is 442 g/mol. The van der Waals surface area contributed by atoms with Gasteiger partial charge in [-0.2, -0.15) is 0 Å². The van der Waals surface area contributed by atoms with Crippen LogP contribution in [0.5, 0.6) is 0 Å². The molecule has 1 aliphatic heterocycles. The number of fused-ring (bicyclic) bond motifs is 1. The number of nitrogens with zero attached hydrogens (tertiary/aromatic N) is 4. The zero-order chi connectivity index (χ0) is 23.3. The van der Waals surface area contributed by atoms with E-state index < -0.39 is 6.17 Å². The molecule has 1 unspecified atom stereocenters. The zero-order valence-corrected chi connectivity index (χ0v) is 20.6. The van der Waals surface area contributed by atoms with E-state index >= 15 is 0 Å². The molecule has 2 aromatic carbocycles. The maximum Gasteiger partial charge on any atom is 0.272 e. The summed E-state index contributed by atoms with van der Waals surface area (Å²) in [6.45, 7) is 7.92. The van der Waals surface area contributed by atoms with Gasteiger partial charge in [0.1, 0.15) is 0 Å². The maximum absolute atomic E-state index is 13.3. The number of nitrogens with one attached hydrogen (secondary N) is 1. The third-order valence-electron chi connectivity index (χ3n) is 5.70. The number of anilines is 1. The van der Waals surface area contributed by atoms with Gasteiger partial charge in [-0.15, -0.1) is 0 Å². The normalized spacial score (nSPS) is 15.8. The molecule has 1 amide bonds. The van der Waals surface area contributed by atoms with E-state index in [0.29, 0.717) is 15.8 Å². The van der Waals surface area contributed by atoms with Gasteiger partial charge >= 0.3 is 0 Å². The van der Waals surface area contributed by atoms with Gasteiger partial charge in [0.05, 0.1) is 11.4 Å². The summed E-state index contributed by atoms with van der Waals surface area (Å²) in [6, 6.07) is 15.3. The second kappa shape index (κ2) is 10.9. The number of rotatable bonds is 7. The van der Waals surface area contributed by atoms with Crippen LogP contribution in [0.2, 0.25) is 5.02 Å². The number of carbonyl (C=O) groups excluding carboxylic acids is 1. The second-order valence-corrected chi connectivity index (χ2v) is 8.53. The number of amides is 1. The van der Waals surface area contributed by atoms with Crippen molar-refractivity contribution in [2.45, 2.75) is 20.0 Å². The predicted octanol–water partition coefficient (Wildman–Crippen LogP) is 3.63. The molecule has 8 heteroatoms. The first-order chi connectivity index (χ1) is 15.3. The molecule has 0 spiro atoms. The van der Waals surface area contributed by atoms with Gasteiger partial charge in [0, 0.05) is 43.3 Å². The first-order valence-corrected chi connectivity index (χ1v) is 11.6. The van der Waals surface area contributed by atoms with E-state index in [9.17, 15) is 4.79 Å². The highest BCUT2D eigenvalue weighted by molar-refractivity contribution is 7.80. The highest BCUT2D eigenvalue weighted by Gasteiger charge is 2.31. The van der Waals surface area contributed by atoms with Crippen LogP contribution in [0.1, 0.15) is 25.0 Å². The summed E-state index contributed by atoms with van der Waals surface area (Å²) in [6.07, 6.45) is -0.843. The number of hydrogen-bond donors (Lipinski definition) is 1. The van der Waals surface area contributed by atoms with E-state index in [0.717, 1.165) is 43.0 Å². The topological polar surface area (TPSA) is 51.2 Å². The van der Waals surface area contributed by atoms with Crippen LogP contribution in [-0.2, 0) is 4.79 Å². The van der Waals surface area contributed by atoms with Crippen molar-refractivity contribution in [1.82, 2.24) is 15.1 Å². The lowest BCUT2D eigenvalue weighted by atomic mass is 10.0. The number of benzodiazepines with no additional fused rings is 1. The van der Waals surface area contributed by atoms with E-state index in [1.165, 1.54) is 0 Å². The predicted molar refractivity (Wildman–Crippen MR) is 137 cm³/mol. The SMILES string of the molecule is CCN(CC)CCN(C)C(=S)NC1N=C(c2ccccc2)c2cc(Cl)ccc2N(C)C1=O. The van der Waals surface area contributed by atoms with Crippen molar-refractivity contribution < 1.29 is 4.79 Å². The van der Waals surface area contributed by atoms with Crippen molar-refractivity contribution in [2.24, 2.45) is 4.99 Å². The molecule has 6 nitrogen and oxygen atoms in total. The fraction of sp³-hybridized carbons (Fsp3) is 0.375. The molecule has 0 bridgehead atoms. The van der Waals surface area contributed by atoms with Crippen molar-refractivity contribution in [3.05, 3.63) is 64.7 Å². The largest absolute Gasteiger partial charge is 0.351 e. The van der Waals surface area contributed by atoms with Crippen molar-refractivity contribution in [1.29, 1.82) is 0 Å². The Balaban J connectivity index is 1.91. The highest BCUT2D eigenvalue weighted by Crippen LogP contribution is 2.29. The number of carbonyl (C=O) groups is 1. The lowest BCUT2D eigenvalue weighted by Gasteiger charge is -2.27. The third kappa shape index (κ3) is 5.46. The van der Waals surface area contributed by atoms with Crippen LogP contribution in [0.4, 0.5) is 5.69 Å². The number of thiocarbonyl (C=S) groups is 1. The Labute approximate surface area is 200 Å². The summed E-state index contributed by atoms with van der Waals surface area (Å²) < 4.78 is 0. The number of likely N-dealkylation sites (N-methyl/N-ethyl adjacent to an activating group) is 3. The lowest BCUT2D eigenvalue weighted by molar-refractivity contribution is -0.119. The van der Waals surface area contributed by atoms with Crippen LogP contribution in [0.15, 0.2) is 53.5 Å². The minimum Gasteiger partial charge on any atom is -0.351 e. The Bertz CT molecular complexity index is 993. The highest BCUT2D eigenvalue weighted by atomic mass is 35.5. The van der Waals surface area contributed by atoms with Gasteiger partial charge in [0.2, 0.25) is 6.17 Å². The van der Waals surface area contributed by atoms with Crippen molar-refractivity contribution >= 4 is 46.2 Å². The van der Waals surface area contributed by atoms with Crippen LogP contribution < -0.4 is 10.2 Å². The first kappa shape index (κ1) is 24.2. The first-order valence-electron chi connectivity index (χ1n) is 10.8. The fourth-order valence-corrected chi connectivity index (χ4v) is 4.00. The number of hydrogen-bond acceptors (Lipinski definition) is 4. The Morgan fingerprint density at radius 1 is 1.16 bits per heavy atom. The van der Waals surface area contributed by atoms with Gasteiger partial charge in [0.15, 0.2) is 5.11 Å². The third-order valence-corrected chi connectivity index (χ3v) is 6.36. The standard InChI is InChI=1S/C24H30ClN5OS/c1-5-30(6-2)15-14-28(3)24(32)27-22-23(31)29(4)20-13-12-18(25)16-19(20)21(26-22)17-10-8-7-9-11-17/h7-13,16,22H,5-6,14-15H2,1-4H3,(H,27,32). The van der Waals surface area contributed by atoms with Crippen LogP contribution in [0.25, 0.3) is 0 Å². The smallest absolute Gasteiger partial charge is 0.272 e. The number of benzene rings is 2. The second-order valence-electron chi connectivity index (χ2n) is 7.70. The number of halogens is 1. The molecule has 32 heavy (non-hydrogen) atoms. The Morgan fingerprint density at radius 2 is 1.84 bits per heavy atom. The summed E-state index contributed by atoms with van der Waals surface area (Å²) >= 11 is 11.9. The summed E-state index contributed by atoms with van der Waals surface area (Å²) in [5.74, 6) is -0.181. The molecule has 170 valence electrons. The van der Waals surface area contributed by atoms with Crippen molar-refractivity contribution in [3.8, 4) is 0 Å². The molecule has 0 radical (unpaired) electrons. The van der Waals surface area contributed by atoms with E-state index in [2.05, 4.69) is 24.1 Å². The average Bonchev–Trinajstić information content (AvgIpc) is 2.90. The number of aliphatic imine (C=N–C) groups is 1. The Morgan fingerprint density at radius 3 is 2.50 bits per heavy atom. The molecule has 1 heterocycles. The van der Waals surface area contributed by atoms with E-state index in [4.69, 9.17) is 28.8 Å². The molecule has 3 rings (SSSR count). The van der Waals surface area contributed by atoms with Gasteiger partial charge in [-0.3, -0.25) is 4.79 Å². The van der Waals surface area contributed by atoms with Crippen LogP contribution in [-0.4, -0.2) is 73.0 Å². The van der Waals surface area contributed by atoms with Crippen LogP contribution in [0.3, 0.4) is 0 Å². The monoisotopic (exact) mass is 471 g/mol. The summed E-state index contributed by atoms with van der Waals surface area (Å²) in [7, 11) is 3.68. The molecule has 0 aliphatic carbocycles. The van der Waals surface area contributed by atoms with Gasteiger partial charge in [-0.1, -0.05) is 55.8 Å². The molecule has 1 N–H and O–H groups in total. The molecule has 0 saturated heterocycles. The minimum atomic E-state index is -0.843. The minimum absolute atomic E-state index is 0.181. The van der Waals surface area contributed by atoms with Gasteiger partial charge < -0.3 is 20.0 Å². The summed E-state index contributed by atoms with van der Waals surface area (Å²) in [5.41, 5.74) is 3.18. The van der Waals surface area contributed by atoms with Gasteiger partial charge in [0.25, 0.3) is 5.91 Å². The fourth-order valence-electron chi connectivity index (χ4n) is 3.63. The van der Waals surface area contributed by atoms with Crippen molar-refractivity contribution in [3.63, 3.8) is 0 Å². The van der Waals surface area contributed by atoms with Crippen molar-refractivity contribution in [2.75, 3.05) is 45.2 Å². The molecule has 1 aliphatic rings. The molecule has 2 aromatic rings. The molecule has 0 fully saturated rings. The van der Waals surface area contributed by atoms with Gasteiger partial charge in [-0.25, -0.2) is 4.99 Å². The Kier molecular flexibility index (Phi) is 8.23. The van der Waals surface area contributed by atoms with Crippen LogP contribution >= 0.6 is 23.8 Å². The molecule has 1 atom stereocenters. The zero-order valence-electron chi connectivity index (χ0n) is 19.0. The summed E-state index contributed by atoms with van der Waals surface area (Å²) in [4.78, 5) is 24.1. The molecule has 0 saturated carbocycles. The van der Waals surface area contributed by atoms with E-state index in [-0.39, 0.29) is 5.91 Å². The lowest BCUT2D eigenvalue weighted by Crippen LogP contribution is -2.50. The van der Waals surface area contributed by atoms with E-state index in [1.807, 2.05) is 54.4 Å². The molecule has 0 aromatic heterocycles. The molecular formula is C24H30ClN5OS. The maximum atomic E-state index is 13.3. The Hall–Kier alpha value is -2.48. The van der Waals surface area contributed by atoms with E-state index in [1.54, 1.807) is 18.0 Å².